The van der Waals surface area contributed by atoms with E-state index in [1.54, 1.807) is 56.5 Å². The number of halogens is 2. The largest absolute Gasteiger partial charge is 0.497 e. The second kappa shape index (κ2) is 7.57. The van der Waals surface area contributed by atoms with Crippen molar-refractivity contribution in [2.45, 2.75) is 6.54 Å². The molecule has 0 heterocycles. The number of nitrogens with zero attached hydrogens (tertiary/aromatic N) is 1. The van der Waals surface area contributed by atoms with Gasteiger partial charge >= 0.3 is 0 Å². The Hall–Kier alpha value is -1.91. The van der Waals surface area contributed by atoms with Crippen molar-refractivity contribution < 1.29 is 14.3 Å². The minimum absolute atomic E-state index is 0.168. The minimum atomic E-state index is -0.168. The SMILES string of the molecule is COc1cc(OC)cc(C(=O)N(C)Cc2cccc(Cl)c2Cl)c1. The van der Waals surface area contributed by atoms with Gasteiger partial charge in [-0.2, -0.15) is 0 Å². The molecule has 0 aromatic heterocycles. The number of methoxy groups -OCH3 is 2. The van der Waals surface area contributed by atoms with E-state index in [-0.39, 0.29) is 5.91 Å². The summed E-state index contributed by atoms with van der Waals surface area (Å²) in [7, 11) is 4.78. The highest BCUT2D eigenvalue weighted by Crippen LogP contribution is 2.27. The van der Waals surface area contributed by atoms with Gasteiger partial charge in [0.15, 0.2) is 0 Å². The summed E-state index contributed by atoms with van der Waals surface area (Å²) in [5, 5.41) is 0.921. The zero-order chi connectivity index (χ0) is 17.0. The second-order valence-electron chi connectivity index (χ2n) is 4.98. The first-order valence-electron chi connectivity index (χ1n) is 6.87. The highest BCUT2D eigenvalue weighted by molar-refractivity contribution is 6.42. The first-order valence-corrected chi connectivity index (χ1v) is 7.63. The van der Waals surface area contributed by atoms with Crippen molar-refractivity contribution in [1.82, 2.24) is 4.90 Å². The van der Waals surface area contributed by atoms with E-state index in [1.807, 2.05) is 6.07 Å². The van der Waals surface area contributed by atoms with E-state index < -0.39 is 0 Å². The molecule has 0 unspecified atom stereocenters. The predicted molar refractivity (Wildman–Crippen MR) is 91.8 cm³/mol. The van der Waals surface area contributed by atoms with Crippen LogP contribution in [0.25, 0.3) is 0 Å². The van der Waals surface area contributed by atoms with E-state index in [4.69, 9.17) is 32.7 Å². The molecule has 1 amide bonds. The van der Waals surface area contributed by atoms with Gasteiger partial charge < -0.3 is 14.4 Å². The molecule has 0 aliphatic rings. The molecule has 0 bridgehead atoms. The zero-order valence-electron chi connectivity index (χ0n) is 13.1. The Morgan fingerprint density at radius 3 is 2.26 bits per heavy atom. The fourth-order valence-corrected chi connectivity index (χ4v) is 2.53. The molecule has 4 nitrogen and oxygen atoms in total. The maximum absolute atomic E-state index is 12.6. The first-order chi connectivity index (χ1) is 11.0. The maximum Gasteiger partial charge on any atom is 0.254 e. The van der Waals surface area contributed by atoms with E-state index >= 15 is 0 Å². The molecule has 0 N–H and O–H groups in total. The smallest absolute Gasteiger partial charge is 0.254 e. The summed E-state index contributed by atoms with van der Waals surface area (Å²) >= 11 is 12.2. The van der Waals surface area contributed by atoms with Crippen LogP contribution in [0.15, 0.2) is 36.4 Å². The van der Waals surface area contributed by atoms with Gasteiger partial charge in [-0.05, 0) is 23.8 Å². The molecular formula is C17H17Cl2NO3. The minimum Gasteiger partial charge on any atom is -0.497 e. The summed E-state index contributed by atoms with van der Waals surface area (Å²) in [5.41, 5.74) is 1.26. The Kier molecular flexibility index (Phi) is 5.74. The molecule has 2 aromatic carbocycles. The van der Waals surface area contributed by atoms with E-state index in [0.29, 0.717) is 33.7 Å². The molecule has 23 heavy (non-hydrogen) atoms. The molecule has 0 saturated heterocycles. The van der Waals surface area contributed by atoms with Crippen LogP contribution in [-0.4, -0.2) is 32.1 Å². The van der Waals surface area contributed by atoms with Crippen molar-refractivity contribution in [3.8, 4) is 11.5 Å². The van der Waals surface area contributed by atoms with E-state index in [9.17, 15) is 4.79 Å². The topological polar surface area (TPSA) is 38.8 Å². The molecule has 0 saturated carbocycles. The molecule has 2 rings (SSSR count). The van der Waals surface area contributed by atoms with Crippen LogP contribution in [0, 0.1) is 0 Å². The van der Waals surface area contributed by atoms with Gasteiger partial charge in [0.05, 0.1) is 24.3 Å². The van der Waals surface area contributed by atoms with Crippen molar-refractivity contribution in [3.05, 3.63) is 57.6 Å². The lowest BCUT2D eigenvalue weighted by Crippen LogP contribution is -2.26. The van der Waals surface area contributed by atoms with Crippen molar-refractivity contribution in [1.29, 1.82) is 0 Å². The summed E-state index contributed by atoms with van der Waals surface area (Å²) in [6.45, 7) is 0.345. The maximum atomic E-state index is 12.6. The lowest BCUT2D eigenvalue weighted by atomic mass is 10.1. The van der Waals surface area contributed by atoms with Crippen molar-refractivity contribution in [2.75, 3.05) is 21.3 Å². The van der Waals surface area contributed by atoms with Crippen LogP contribution in [0.3, 0.4) is 0 Å². The van der Waals surface area contributed by atoms with Gasteiger partial charge in [0, 0.05) is 25.2 Å². The van der Waals surface area contributed by atoms with E-state index in [1.165, 1.54) is 0 Å². The van der Waals surface area contributed by atoms with Crippen LogP contribution in [0.2, 0.25) is 10.0 Å². The molecule has 0 atom stereocenters. The fourth-order valence-electron chi connectivity index (χ4n) is 2.15. The second-order valence-corrected chi connectivity index (χ2v) is 5.76. The molecule has 0 fully saturated rings. The molecule has 0 aliphatic carbocycles. The number of ether oxygens (including phenoxy) is 2. The summed E-state index contributed by atoms with van der Waals surface area (Å²) in [6.07, 6.45) is 0. The Morgan fingerprint density at radius 2 is 1.70 bits per heavy atom. The standard InChI is InChI=1S/C17H17Cl2NO3/c1-20(10-11-5-4-6-15(18)16(11)19)17(21)12-7-13(22-2)9-14(8-12)23-3/h4-9H,10H2,1-3H3. The molecule has 6 heteroatoms. The number of benzene rings is 2. The fraction of sp³-hybridized carbons (Fsp3) is 0.235. The average Bonchev–Trinajstić information content (AvgIpc) is 2.57. The van der Waals surface area contributed by atoms with Crippen LogP contribution in [0.4, 0.5) is 0 Å². The van der Waals surface area contributed by atoms with Gasteiger partial charge in [-0.15, -0.1) is 0 Å². The van der Waals surface area contributed by atoms with Crippen LogP contribution in [0.1, 0.15) is 15.9 Å². The first kappa shape index (κ1) is 17.4. The Labute approximate surface area is 145 Å². The zero-order valence-corrected chi connectivity index (χ0v) is 14.6. The highest BCUT2D eigenvalue weighted by Gasteiger charge is 2.16. The molecular weight excluding hydrogens is 337 g/mol. The lowest BCUT2D eigenvalue weighted by molar-refractivity contribution is 0.0784. The highest BCUT2D eigenvalue weighted by atomic mass is 35.5. The van der Waals surface area contributed by atoms with Crippen molar-refractivity contribution >= 4 is 29.1 Å². The van der Waals surface area contributed by atoms with Crippen LogP contribution >= 0.6 is 23.2 Å². The van der Waals surface area contributed by atoms with Crippen molar-refractivity contribution in [2.24, 2.45) is 0 Å². The number of amides is 1. The molecule has 2 aromatic rings. The van der Waals surface area contributed by atoms with Crippen LogP contribution < -0.4 is 9.47 Å². The third kappa shape index (κ3) is 4.09. The molecule has 0 aliphatic heterocycles. The Morgan fingerprint density at radius 1 is 1.09 bits per heavy atom. The third-order valence-corrected chi connectivity index (χ3v) is 4.24. The van der Waals surface area contributed by atoms with Gasteiger partial charge in [-0.3, -0.25) is 4.79 Å². The summed E-state index contributed by atoms with van der Waals surface area (Å²) < 4.78 is 10.4. The van der Waals surface area contributed by atoms with E-state index in [2.05, 4.69) is 0 Å². The number of carbonyl (C=O) groups excluding carboxylic acids is 1. The Bertz CT molecular complexity index is 697. The van der Waals surface area contributed by atoms with Gasteiger partial charge in [0.1, 0.15) is 11.5 Å². The van der Waals surface area contributed by atoms with Gasteiger partial charge in [-0.1, -0.05) is 35.3 Å². The molecule has 0 spiro atoms. The van der Waals surface area contributed by atoms with E-state index in [0.717, 1.165) is 5.56 Å². The third-order valence-electron chi connectivity index (χ3n) is 3.38. The predicted octanol–water partition coefficient (Wildman–Crippen LogP) is 4.28. The normalized spacial score (nSPS) is 10.3. The lowest BCUT2D eigenvalue weighted by Gasteiger charge is -2.19. The number of carbonyl (C=O) groups is 1. The van der Waals surface area contributed by atoms with Crippen molar-refractivity contribution in [3.63, 3.8) is 0 Å². The summed E-state index contributed by atoms with van der Waals surface area (Å²) in [5.74, 6) is 0.946. The van der Waals surface area contributed by atoms with Crippen LogP contribution in [0.5, 0.6) is 11.5 Å². The molecule has 122 valence electrons. The van der Waals surface area contributed by atoms with Crippen LogP contribution in [-0.2, 0) is 6.54 Å². The van der Waals surface area contributed by atoms with Gasteiger partial charge in [0.25, 0.3) is 5.91 Å². The number of rotatable bonds is 5. The summed E-state index contributed by atoms with van der Waals surface area (Å²) in [6, 6.07) is 10.4. The quantitative estimate of drug-likeness (QED) is 0.804. The monoisotopic (exact) mass is 353 g/mol. The van der Waals surface area contributed by atoms with Gasteiger partial charge in [0.2, 0.25) is 0 Å². The summed E-state index contributed by atoms with van der Waals surface area (Å²) in [4.78, 5) is 14.2. The average molecular weight is 354 g/mol. The molecule has 0 radical (unpaired) electrons. The Balaban J connectivity index is 2.24. The number of hydrogen-bond donors (Lipinski definition) is 0. The number of hydrogen-bond acceptors (Lipinski definition) is 3. The van der Waals surface area contributed by atoms with Gasteiger partial charge in [-0.25, -0.2) is 0 Å².